The molecule has 2 saturated heterocycles. The molecule has 3 rings (SSSR count). The van der Waals surface area contributed by atoms with Crippen LogP contribution in [0.15, 0.2) is 23.1 Å². The largest absolute Gasteiger partial charge is 0.444 e. The average molecular weight is 481 g/mol. The average Bonchev–Trinajstić information content (AvgIpc) is 2.77. The third kappa shape index (κ3) is 6.60. The van der Waals surface area contributed by atoms with E-state index in [1.807, 2.05) is 20.8 Å². The van der Waals surface area contributed by atoms with Crippen molar-refractivity contribution in [3.8, 4) is 0 Å². The topological polar surface area (TPSA) is 99.3 Å². The van der Waals surface area contributed by atoms with Gasteiger partial charge in [0.15, 0.2) is 0 Å². The fraction of sp³-hybridized carbons (Fsp3) is 0.652. The molecule has 0 aromatic heterocycles. The fourth-order valence-electron chi connectivity index (χ4n) is 3.99. The van der Waals surface area contributed by atoms with Crippen molar-refractivity contribution in [1.29, 1.82) is 0 Å². The van der Waals surface area contributed by atoms with Gasteiger partial charge in [0.05, 0.1) is 11.4 Å². The number of nitrogens with zero attached hydrogens (tertiary/aromatic N) is 3. The molecule has 1 aromatic carbocycles. The number of benzene rings is 1. The van der Waals surface area contributed by atoms with E-state index in [0.717, 1.165) is 19.3 Å². The number of amides is 2. The number of anilines is 1. The predicted molar refractivity (Wildman–Crippen MR) is 127 cm³/mol. The first-order chi connectivity index (χ1) is 15.5. The number of piperazine rings is 1. The summed E-state index contributed by atoms with van der Waals surface area (Å²) in [7, 11) is -3.55. The standard InChI is InChI=1S/C23H36N4O5S/c1-18-8-9-19(16-20(18)33(30,31)27-10-6-5-7-11-27)24-17-21(28)25-12-14-26(15-13-25)22(29)32-23(2,3)4/h8-9,16,24H,5-7,10-15,17H2,1-4H3. The van der Waals surface area contributed by atoms with Gasteiger partial charge in [-0.25, -0.2) is 13.2 Å². The first-order valence-electron chi connectivity index (χ1n) is 11.6. The van der Waals surface area contributed by atoms with Gasteiger partial charge in [0, 0.05) is 45.0 Å². The first kappa shape index (κ1) is 25.3. The van der Waals surface area contributed by atoms with Crippen LogP contribution in [0.4, 0.5) is 10.5 Å². The molecule has 2 aliphatic rings. The van der Waals surface area contributed by atoms with Crippen LogP contribution in [0.5, 0.6) is 0 Å². The minimum absolute atomic E-state index is 0.0543. The molecule has 2 fully saturated rings. The summed E-state index contributed by atoms with van der Waals surface area (Å²) in [6.45, 7) is 10.1. The molecule has 33 heavy (non-hydrogen) atoms. The maximum atomic E-state index is 13.1. The molecule has 2 heterocycles. The second-order valence-electron chi connectivity index (χ2n) is 9.65. The maximum absolute atomic E-state index is 13.1. The van der Waals surface area contributed by atoms with Crippen molar-refractivity contribution >= 4 is 27.7 Å². The van der Waals surface area contributed by atoms with Crippen molar-refractivity contribution in [1.82, 2.24) is 14.1 Å². The van der Waals surface area contributed by atoms with Crippen molar-refractivity contribution in [3.63, 3.8) is 0 Å². The lowest BCUT2D eigenvalue weighted by Crippen LogP contribution is -2.52. The van der Waals surface area contributed by atoms with Crippen molar-refractivity contribution < 1.29 is 22.7 Å². The van der Waals surface area contributed by atoms with Crippen LogP contribution in [-0.4, -0.2) is 85.9 Å². The summed E-state index contributed by atoms with van der Waals surface area (Å²) in [4.78, 5) is 28.5. The Labute approximate surface area is 197 Å². The summed E-state index contributed by atoms with van der Waals surface area (Å²) in [6.07, 6.45) is 2.45. The summed E-state index contributed by atoms with van der Waals surface area (Å²) in [5, 5.41) is 3.07. The van der Waals surface area contributed by atoms with Gasteiger partial charge in [0.25, 0.3) is 0 Å². The van der Waals surface area contributed by atoms with Crippen molar-refractivity contribution in [3.05, 3.63) is 23.8 Å². The minimum Gasteiger partial charge on any atom is -0.444 e. The van der Waals surface area contributed by atoms with Crippen LogP contribution >= 0.6 is 0 Å². The van der Waals surface area contributed by atoms with Gasteiger partial charge in [-0.3, -0.25) is 4.79 Å². The Balaban J connectivity index is 1.56. The number of rotatable bonds is 5. The van der Waals surface area contributed by atoms with E-state index in [0.29, 0.717) is 50.5 Å². The van der Waals surface area contributed by atoms with Crippen LogP contribution in [0.1, 0.15) is 45.6 Å². The first-order valence-corrected chi connectivity index (χ1v) is 13.0. The van der Waals surface area contributed by atoms with E-state index >= 15 is 0 Å². The van der Waals surface area contributed by atoms with E-state index in [-0.39, 0.29) is 23.4 Å². The van der Waals surface area contributed by atoms with Crippen molar-refractivity contribution in [2.24, 2.45) is 0 Å². The Bertz CT molecular complexity index is 960. The van der Waals surface area contributed by atoms with Gasteiger partial charge in [-0.15, -0.1) is 0 Å². The normalized spacial score (nSPS) is 18.2. The van der Waals surface area contributed by atoms with E-state index < -0.39 is 15.6 Å². The lowest BCUT2D eigenvalue weighted by Gasteiger charge is -2.35. The monoisotopic (exact) mass is 480 g/mol. The third-order valence-electron chi connectivity index (χ3n) is 5.85. The van der Waals surface area contributed by atoms with Gasteiger partial charge in [0.1, 0.15) is 5.60 Å². The molecule has 2 aliphatic heterocycles. The zero-order valence-electron chi connectivity index (χ0n) is 20.1. The number of sulfonamides is 1. The maximum Gasteiger partial charge on any atom is 0.410 e. The zero-order valence-corrected chi connectivity index (χ0v) is 20.9. The highest BCUT2D eigenvalue weighted by Gasteiger charge is 2.29. The molecule has 1 N–H and O–H groups in total. The molecule has 2 amide bonds. The number of hydrogen-bond acceptors (Lipinski definition) is 6. The SMILES string of the molecule is Cc1ccc(NCC(=O)N2CCN(C(=O)OC(C)(C)C)CC2)cc1S(=O)(=O)N1CCCCC1. The van der Waals surface area contributed by atoms with E-state index in [2.05, 4.69) is 5.32 Å². The van der Waals surface area contributed by atoms with Crippen LogP contribution in [0, 0.1) is 6.92 Å². The summed E-state index contributed by atoms with van der Waals surface area (Å²) in [5.74, 6) is -0.0974. The Morgan fingerprint density at radius 3 is 2.18 bits per heavy atom. The molecule has 0 atom stereocenters. The predicted octanol–water partition coefficient (Wildman–Crippen LogP) is 2.66. The number of carbonyl (C=O) groups is 2. The van der Waals surface area contributed by atoms with Crippen LogP contribution in [0.3, 0.4) is 0 Å². The van der Waals surface area contributed by atoms with Gasteiger partial charge in [-0.05, 0) is 58.2 Å². The third-order valence-corrected chi connectivity index (χ3v) is 7.89. The quantitative estimate of drug-likeness (QED) is 0.696. The van der Waals surface area contributed by atoms with Gasteiger partial charge >= 0.3 is 6.09 Å². The Morgan fingerprint density at radius 2 is 1.58 bits per heavy atom. The minimum atomic E-state index is -3.55. The lowest BCUT2D eigenvalue weighted by molar-refractivity contribution is -0.131. The summed E-state index contributed by atoms with van der Waals surface area (Å²) in [6, 6.07) is 5.18. The van der Waals surface area contributed by atoms with Crippen LogP contribution < -0.4 is 5.32 Å². The smallest absolute Gasteiger partial charge is 0.410 e. The summed E-state index contributed by atoms with van der Waals surface area (Å²) >= 11 is 0. The molecule has 0 spiro atoms. The van der Waals surface area contributed by atoms with Crippen LogP contribution in [0.2, 0.25) is 0 Å². The molecule has 0 saturated carbocycles. The summed E-state index contributed by atoms with van der Waals surface area (Å²) in [5.41, 5.74) is 0.732. The van der Waals surface area contributed by atoms with Gasteiger partial charge in [-0.2, -0.15) is 4.31 Å². The highest BCUT2D eigenvalue weighted by Crippen LogP contribution is 2.26. The number of hydrogen-bond donors (Lipinski definition) is 1. The molecule has 10 heteroatoms. The van der Waals surface area contributed by atoms with E-state index in [4.69, 9.17) is 4.74 Å². The Hall–Kier alpha value is -2.33. The number of piperidine rings is 1. The molecule has 9 nitrogen and oxygen atoms in total. The zero-order chi connectivity index (χ0) is 24.2. The van der Waals surface area contributed by atoms with E-state index in [1.165, 1.54) is 0 Å². The van der Waals surface area contributed by atoms with Gasteiger partial charge in [-0.1, -0.05) is 12.5 Å². The van der Waals surface area contributed by atoms with E-state index in [1.54, 1.807) is 39.2 Å². The molecule has 0 bridgehead atoms. The highest BCUT2D eigenvalue weighted by atomic mass is 32.2. The van der Waals surface area contributed by atoms with E-state index in [9.17, 15) is 18.0 Å². The molecular weight excluding hydrogens is 444 g/mol. The van der Waals surface area contributed by atoms with Crippen LogP contribution in [0.25, 0.3) is 0 Å². The molecule has 184 valence electrons. The molecule has 0 radical (unpaired) electrons. The van der Waals surface area contributed by atoms with Crippen molar-refractivity contribution in [2.75, 3.05) is 51.1 Å². The second kappa shape index (κ2) is 10.3. The van der Waals surface area contributed by atoms with Gasteiger partial charge < -0.3 is 19.9 Å². The molecule has 1 aromatic rings. The number of aryl methyl sites for hydroxylation is 1. The molecule has 0 unspecified atom stereocenters. The number of carbonyl (C=O) groups excluding carboxylic acids is 2. The Morgan fingerprint density at radius 1 is 0.970 bits per heavy atom. The molecular formula is C23H36N4O5S. The fourth-order valence-corrected chi connectivity index (χ4v) is 5.75. The summed E-state index contributed by atoms with van der Waals surface area (Å²) < 4.78 is 33.1. The van der Waals surface area contributed by atoms with Gasteiger partial charge in [0.2, 0.25) is 15.9 Å². The number of nitrogens with one attached hydrogen (secondary N) is 1. The molecule has 0 aliphatic carbocycles. The second-order valence-corrected chi connectivity index (χ2v) is 11.6. The highest BCUT2D eigenvalue weighted by molar-refractivity contribution is 7.89. The van der Waals surface area contributed by atoms with Crippen LogP contribution in [-0.2, 0) is 19.6 Å². The van der Waals surface area contributed by atoms with Crippen molar-refractivity contribution in [2.45, 2.75) is 57.5 Å². The lowest BCUT2D eigenvalue weighted by atomic mass is 10.2. The number of ether oxygens (including phenoxy) is 1. The Kier molecular flexibility index (Phi) is 7.89.